The van der Waals surface area contributed by atoms with Gasteiger partial charge in [-0.15, -0.1) is 0 Å². The lowest BCUT2D eigenvalue weighted by atomic mass is 10.2. The standard InChI is InChI=1S/C18H26N6O/c1-13-17(14(2)22(4)21-13)20-18(25)15(3)23-9-11-24(12-10-23)16-7-5-6-8-19-16/h5-8,15H,9-12H2,1-4H3,(H,20,25)/p+2/t15-/m0/s1. The van der Waals surface area contributed by atoms with Gasteiger partial charge in [0.05, 0.1) is 23.3 Å². The first-order valence-electron chi connectivity index (χ1n) is 8.84. The zero-order valence-electron chi connectivity index (χ0n) is 15.5. The fourth-order valence-corrected chi connectivity index (χ4v) is 3.42. The van der Waals surface area contributed by atoms with Gasteiger partial charge in [0.25, 0.3) is 11.7 Å². The van der Waals surface area contributed by atoms with Crippen molar-refractivity contribution < 1.29 is 14.7 Å². The molecule has 0 radical (unpaired) electrons. The molecule has 0 bridgehead atoms. The number of aryl methyl sites for hydroxylation is 2. The molecule has 0 unspecified atom stereocenters. The maximum atomic E-state index is 12.7. The molecule has 1 saturated heterocycles. The number of anilines is 2. The molecule has 1 aliphatic rings. The van der Waals surface area contributed by atoms with E-state index in [0.29, 0.717) is 0 Å². The van der Waals surface area contributed by atoms with E-state index < -0.39 is 0 Å². The van der Waals surface area contributed by atoms with Crippen LogP contribution in [-0.2, 0) is 11.8 Å². The van der Waals surface area contributed by atoms with E-state index in [1.807, 2.05) is 46.1 Å². The molecule has 0 aliphatic carbocycles. The quantitative estimate of drug-likeness (QED) is 0.792. The summed E-state index contributed by atoms with van der Waals surface area (Å²) in [4.78, 5) is 19.6. The number of rotatable bonds is 4. The third kappa shape index (κ3) is 3.66. The van der Waals surface area contributed by atoms with Gasteiger partial charge in [-0.3, -0.25) is 14.4 Å². The summed E-state index contributed by atoms with van der Waals surface area (Å²) < 4.78 is 1.80. The Kier molecular flexibility index (Phi) is 5.03. The number of amides is 1. The summed E-state index contributed by atoms with van der Waals surface area (Å²) in [5.41, 5.74) is 2.69. The molecule has 3 heterocycles. The fraction of sp³-hybridized carbons (Fsp3) is 0.500. The predicted molar refractivity (Wildman–Crippen MR) is 96.7 cm³/mol. The monoisotopic (exact) mass is 344 g/mol. The molecule has 1 atom stereocenters. The maximum Gasteiger partial charge on any atom is 0.282 e. The lowest BCUT2D eigenvalue weighted by Crippen LogP contribution is -3.19. The van der Waals surface area contributed by atoms with Crippen molar-refractivity contribution in [1.82, 2.24) is 9.78 Å². The minimum absolute atomic E-state index is 0.0638. The summed E-state index contributed by atoms with van der Waals surface area (Å²) >= 11 is 0. The minimum Gasteiger partial charge on any atom is -0.318 e. The van der Waals surface area contributed by atoms with Gasteiger partial charge in [0.15, 0.2) is 6.04 Å². The van der Waals surface area contributed by atoms with Crippen LogP contribution in [0.1, 0.15) is 18.3 Å². The number of quaternary nitrogens is 1. The molecule has 2 aromatic heterocycles. The van der Waals surface area contributed by atoms with Gasteiger partial charge in [0, 0.05) is 13.1 Å². The molecular weight excluding hydrogens is 316 g/mol. The van der Waals surface area contributed by atoms with Crippen molar-refractivity contribution in [2.24, 2.45) is 7.05 Å². The first-order valence-corrected chi connectivity index (χ1v) is 8.84. The van der Waals surface area contributed by atoms with E-state index in [9.17, 15) is 4.79 Å². The second-order valence-corrected chi connectivity index (χ2v) is 6.77. The van der Waals surface area contributed by atoms with E-state index in [2.05, 4.69) is 26.4 Å². The third-order valence-corrected chi connectivity index (χ3v) is 5.20. The number of hydrogen-bond donors (Lipinski definition) is 2. The molecule has 3 rings (SSSR count). The van der Waals surface area contributed by atoms with E-state index >= 15 is 0 Å². The van der Waals surface area contributed by atoms with Gasteiger partial charge in [-0.25, -0.2) is 4.98 Å². The van der Waals surface area contributed by atoms with Gasteiger partial charge >= 0.3 is 0 Å². The highest BCUT2D eigenvalue weighted by Crippen LogP contribution is 2.18. The first-order chi connectivity index (χ1) is 12.0. The normalized spacial score (nSPS) is 16.7. The average molecular weight is 344 g/mol. The van der Waals surface area contributed by atoms with E-state index in [1.165, 1.54) is 4.90 Å². The van der Waals surface area contributed by atoms with E-state index in [1.54, 1.807) is 4.68 Å². The number of carbonyl (C=O) groups excluding carboxylic acids is 1. The number of nitrogens with zero attached hydrogens (tertiary/aromatic N) is 3. The van der Waals surface area contributed by atoms with Crippen LogP contribution in [0.3, 0.4) is 0 Å². The van der Waals surface area contributed by atoms with Crippen LogP contribution in [0, 0.1) is 13.8 Å². The topological polar surface area (TPSA) is 68.7 Å². The van der Waals surface area contributed by atoms with Crippen molar-refractivity contribution in [1.29, 1.82) is 0 Å². The fourth-order valence-electron chi connectivity index (χ4n) is 3.42. The number of aromatic nitrogens is 3. The summed E-state index contributed by atoms with van der Waals surface area (Å²) in [6.07, 6.45) is 1.95. The number of hydrogen-bond acceptors (Lipinski definition) is 3. The molecule has 25 heavy (non-hydrogen) atoms. The zero-order valence-corrected chi connectivity index (χ0v) is 15.5. The summed E-state index contributed by atoms with van der Waals surface area (Å²) in [6, 6.07) is 6.04. The third-order valence-electron chi connectivity index (χ3n) is 5.20. The second kappa shape index (κ2) is 7.23. The Hall–Kier alpha value is -2.41. The Balaban J connectivity index is 1.58. The van der Waals surface area contributed by atoms with E-state index in [4.69, 9.17) is 0 Å². The van der Waals surface area contributed by atoms with Crippen LogP contribution in [0.15, 0.2) is 24.4 Å². The summed E-state index contributed by atoms with van der Waals surface area (Å²) in [5.74, 6) is 1.20. The van der Waals surface area contributed by atoms with Gasteiger partial charge in [0.2, 0.25) is 0 Å². The molecule has 1 fully saturated rings. The summed E-state index contributed by atoms with van der Waals surface area (Å²) in [7, 11) is 1.90. The highest BCUT2D eigenvalue weighted by atomic mass is 16.2. The highest BCUT2D eigenvalue weighted by Gasteiger charge is 2.32. The molecule has 0 aromatic carbocycles. The molecular formula is C18H28N6O+2. The van der Waals surface area contributed by atoms with Crippen LogP contribution in [0.2, 0.25) is 0 Å². The van der Waals surface area contributed by atoms with Gasteiger partial charge in [0.1, 0.15) is 26.2 Å². The van der Waals surface area contributed by atoms with Crippen LogP contribution in [0.25, 0.3) is 0 Å². The molecule has 3 N–H and O–H groups in total. The van der Waals surface area contributed by atoms with E-state index in [-0.39, 0.29) is 11.9 Å². The Labute approximate surface area is 148 Å². The predicted octanol–water partition coefficient (Wildman–Crippen LogP) is -0.417. The van der Waals surface area contributed by atoms with Crippen molar-refractivity contribution in [3.63, 3.8) is 0 Å². The first kappa shape index (κ1) is 17.4. The SMILES string of the molecule is Cc1nn(C)c(C)c1NC(=O)[C@H](C)[NH+]1CCN(c2cccc[nH+]2)CC1. The van der Waals surface area contributed by atoms with Crippen LogP contribution < -0.4 is 20.1 Å². The molecule has 134 valence electrons. The smallest absolute Gasteiger partial charge is 0.282 e. The van der Waals surface area contributed by atoms with Crippen LogP contribution >= 0.6 is 0 Å². The van der Waals surface area contributed by atoms with Gasteiger partial charge < -0.3 is 10.2 Å². The summed E-state index contributed by atoms with van der Waals surface area (Å²) in [6.45, 7) is 9.69. The number of aromatic amines is 1. The maximum absolute atomic E-state index is 12.7. The Morgan fingerprint density at radius 3 is 2.60 bits per heavy atom. The number of H-pyrrole nitrogens is 1. The van der Waals surface area contributed by atoms with Crippen LogP contribution in [0.4, 0.5) is 11.5 Å². The lowest BCUT2D eigenvalue weighted by Gasteiger charge is -2.31. The Morgan fingerprint density at radius 1 is 1.32 bits per heavy atom. The second-order valence-electron chi connectivity index (χ2n) is 6.77. The van der Waals surface area contributed by atoms with Crippen molar-refractivity contribution in [3.05, 3.63) is 35.8 Å². The zero-order chi connectivity index (χ0) is 18.0. The molecule has 0 spiro atoms. The summed E-state index contributed by atoms with van der Waals surface area (Å²) in [5, 5.41) is 7.44. The van der Waals surface area contributed by atoms with Gasteiger partial charge in [-0.05, 0) is 26.8 Å². The van der Waals surface area contributed by atoms with Crippen LogP contribution in [-0.4, -0.2) is 47.9 Å². The highest BCUT2D eigenvalue weighted by molar-refractivity contribution is 5.94. The molecule has 1 aliphatic heterocycles. The lowest BCUT2D eigenvalue weighted by molar-refractivity contribution is -0.914. The largest absolute Gasteiger partial charge is 0.318 e. The number of carbonyl (C=O) groups is 1. The molecule has 7 nitrogen and oxygen atoms in total. The number of nitrogens with one attached hydrogen (secondary N) is 3. The Morgan fingerprint density at radius 2 is 2.04 bits per heavy atom. The van der Waals surface area contributed by atoms with Crippen molar-refractivity contribution in [2.45, 2.75) is 26.8 Å². The van der Waals surface area contributed by atoms with Crippen molar-refractivity contribution >= 4 is 17.4 Å². The molecule has 1 amide bonds. The number of piperazine rings is 1. The molecule has 7 heteroatoms. The Bertz CT molecular complexity index is 734. The number of pyridine rings is 1. The minimum atomic E-state index is -0.0825. The van der Waals surface area contributed by atoms with Crippen LogP contribution in [0.5, 0.6) is 0 Å². The van der Waals surface area contributed by atoms with Crippen molar-refractivity contribution in [2.75, 3.05) is 36.4 Å². The molecule has 0 saturated carbocycles. The molecule has 2 aromatic rings. The van der Waals surface area contributed by atoms with Crippen molar-refractivity contribution in [3.8, 4) is 0 Å². The van der Waals surface area contributed by atoms with E-state index in [0.717, 1.165) is 49.1 Å². The average Bonchev–Trinajstić information content (AvgIpc) is 2.88. The van der Waals surface area contributed by atoms with Gasteiger partial charge in [-0.1, -0.05) is 6.07 Å². The van der Waals surface area contributed by atoms with Gasteiger partial charge in [-0.2, -0.15) is 5.10 Å².